The van der Waals surface area contributed by atoms with E-state index in [0.29, 0.717) is 5.92 Å². The molecule has 1 amide bonds. The molecule has 0 radical (unpaired) electrons. The topological polar surface area (TPSA) is 50.4 Å². The van der Waals surface area contributed by atoms with Crippen molar-refractivity contribution in [3.63, 3.8) is 0 Å². The SMILES string of the molecule is Cl.O=C(COc1ccccc1Cc1ccccc1)NCC1CNC1. The summed E-state index contributed by atoms with van der Waals surface area (Å²) in [4.78, 5) is 11.9. The summed E-state index contributed by atoms with van der Waals surface area (Å²) in [5.74, 6) is 1.27. The van der Waals surface area contributed by atoms with Crippen molar-refractivity contribution in [1.29, 1.82) is 0 Å². The van der Waals surface area contributed by atoms with Crippen molar-refractivity contribution in [3.8, 4) is 5.75 Å². The zero-order valence-electron chi connectivity index (χ0n) is 13.5. The van der Waals surface area contributed by atoms with Gasteiger partial charge >= 0.3 is 0 Å². The summed E-state index contributed by atoms with van der Waals surface area (Å²) in [5.41, 5.74) is 2.32. The summed E-state index contributed by atoms with van der Waals surface area (Å²) in [6.07, 6.45) is 0.798. The first-order valence-electron chi connectivity index (χ1n) is 8.03. The van der Waals surface area contributed by atoms with Gasteiger partial charge in [0, 0.05) is 32.0 Å². The molecule has 1 saturated heterocycles. The summed E-state index contributed by atoms with van der Waals surface area (Å²) in [6.45, 7) is 2.76. The van der Waals surface area contributed by atoms with Crippen LogP contribution in [0.1, 0.15) is 11.1 Å². The largest absolute Gasteiger partial charge is 0.483 e. The molecule has 24 heavy (non-hydrogen) atoms. The smallest absolute Gasteiger partial charge is 0.257 e. The van der Waals surface area contributed by atoms with Gasteiger partial charge in [0.25, 0.3) is 5.91 Å². The van der Waals surface area contributed by atoms with Crippen LogP contribution in [-0.4, -0.2) is 32.1 Å². The third kappa shape index (κ3) is 5.25. The molecule has 3 rings (SSSR count). The van der Waals surface area contributed by atoms with Crippen LogP contribution in [0.2, 0.25) is 0 Å². The van der Waals surface area contributed by atoms with Crippen molar-refractivity contribution < 1.29 is 9.53 Å². The predicted molar refractivity (Wildman–Crippen MR) is 97.8 cm³/mol. The van der Waals surface area contributed by atoms with Crippen LogP contribution in [0, 0.1) is 5.92 Å². The molecule has 0 bridgehead atoms. The number of carbonyl (C=O) groups excluding carboxylic acids is 1. The first-order valence-corrected chi connectivity index (χ1v) is 8.03. The van der Waals surface area contributed by atoms with Crippen LogP contribution in [0.3, 0.4) is 0 Å². The minimum Gasteiger partial charge on any atom is -0.483 e. The molecule has 2 N–H and O–H groups in total. The Balaban J connectivity index is 0.00000208. The Morgan fingerprint density at radius 2 is 1.79 bits per heavy atom. The maximum Gasteiger partial charge on any atom is 0.257 e. The summed E-state index contributed by atoms with van der Waals surface area (Å²) >= 11 is 0. The van der Waals surface area contributed by atoms with Crippen LogP contribution in [0.25, 0.3) is 0 Å². The second-order valence-electron chi connectivity index (χ2n) is 5.89. The van der Waals surface area contributed by atoms with Gasteiger partial charge in [-0.05, 0) is 17.2 Å². The lowest BCUT2D eigenvalue weighted by molar-refractivity contribution is -0.123. The Labute approximate surface area is 149 Å². The molecule has 0 saturated carbocycles. The molecule has 5 heteroatoms. The van der Waals surface area contributed by atoms with Gasteiger partial charge in [-0.1, -0.05) is 48.5 Å². The Kier molecular flexibility index (Phi) is 7.09. The summed E-state index contributed by atoms with van der Waals surface area (Å²) in [7, 11) is 0. The van der Waals surface area contributed by atoms with E-state index >= 15 is 0 Å². The van der Waals surface area contributed by atoms with Gasteiger partial charge in [0.05, 0.1) is 0 Å². The van der Waals surface area contributed by atoms with Crippen LogP contribution in [0.4, 0.5) is 0 Å². The number of carbonyl (C=O) groups is 1. The lowest BCUT2D eigenvalue weighted by atomic mass is 10.0. The number of hydrogen-bond donors (Lipinski definition) is 2. The quantitative estimate of drug-likeness (QED) is 0.809. The molecule has 0 spiro atoms. The minimum atomic E-state index is -0.0635. The first-order chi connectivity index (χ1) is 11.3. The molecule has 0 aromatic heterocycles. The third-order valence-corrected chi connectivity index (χ3v) is 4.02. The van der Waals surface area contributed by atoms with Crippen LogP contribution in [-0.2, 0) is 11.2 Å². The summed E-state index contributed by atoms with van der Waals surface area (Å²) in [5, 5.41) is 6.11. The van der Waals surface area contributed by atoms with Crippen molar-refractivity contribution in [2.75, 3.05) is 26.2 Å². The van der Waals surface area contributed by atoms with Gasteiger partial charge in [-0.25, -0.2) is 0 Å². The van der Waals surface area contributed by atoms with E-state index in [4.69, 9.17) is 4.74 Å². The van der Waals surface area contributed by atoms with E-state index in [1.165, 1.54) is 5.56 Å². The van der Waals surface area contributed by atoms with Gasteiger partial charge in [-0.2, -0.15) is 0 Å². The van der Waals surface area contributed by atoms with Gasteiger partial charge < -0.3 is 15.4 Å². The molecule has 1 aliphatic rings. The molecule has 2 aromatic rings. The molecule has 128 valence electrons. The number of hydrogen-bond acceptors (Lipinski definition) is 3. The first kappa shape index (κ1) is 18.3. The fraction of sp³-hybridized carbons (Fsp3) is 0.316. The van der Waals surface area contributed by atoms with Crippen LogP contribution < -0.4 is 15.4 Å². The fourth-order valence-corrected chi connectivity index (χ4v) is 2.55. The standard InChI is InChI=1S/C19H22N2O2.ClH/c22-19(21-13-16-11-20-12-16)14-23-18-9-5-4-8-17(18)10-15-6-2-1-3-7-15;/h1-9,16,20H,10-14H2,(H,21,22);1H. The van der Waals surface area contributed by atoms with E-state index in [0.717, 1.165) is 37.4 Å². The maximum atomic E-state index is 11.9. The van der Waals surface area contributed by atoms with Gasteiger partial charge in [0.1, 0.15) is 5.75 Å². The highest BCUT2D eigenvalue weighted by molar-refractivity contribution is 5.85. The van der Waals surface area contributed by atoms with E-state index in [1.54, 1.807) is 0 Å². The normalized spacial score (nSPS) is 13.5. The zero-order valence-corrected chi connectivity index (χ0v) is 14.4. The van der Waals surface area contributed by atoms with Gasteiger partial charge in [0.2, 0.25) is 0 Å². The molecule has 1 aliphatic heterocycles. The lowest BCUT2D eigenvalue weighted by Gasteiger charge is -2.27. The van der Waals surface area contributed by atoms with Crippen LogP contribution in [0.5, 0.6) is 5.75 Å². The maximum absolute atomic E-state index is 11.9. The zero-order chi connectivity index (χ0) is 15.9. The number of nitrogens with one attached hydrogen (secondary N) is 2. The Hall–Kier alpha value is -2.04. The van der Waals surface area contributed by atoms with Crippen molar-refractivity contribution in [1.82, 2.24) is 10.6 Å². The second kappa shape index (κ2) is 9.30. The summed E-state index contributed by atoms with van der Waals surface area (Å²) in [6, 6.07) is 18.1. The van der Waals surface area contributed by atoms with E-state index in [-0.39, 0.29) is 24.9 Å². The van der Waals surface area contributed by atoms with Crippen molar-refractivity contribution in [3.05, 3.63) is 65.7 Å². The van der Waals surface area contributed by atoms with Crippen LogP contribution >= 0.6 is 12.4 Å². The van der Waals surface area contributed by atoms with Crippen molar-refractivity contribution in [2.24, 2.45) is 5.92 Å². The van der Waals surface area contributed by atoms with Gasteiger partial charge in [-0.15, -0.1) is 12.4 Å². The molecule has 0 unspecified atom stereocenters. The molecule has 0 aliphatic carbocycles. The average Bonchev–Trinajstić information content (AvgIpc) is 2.53. The Bertz CT molecular complexity index is 645. The van der Waals surface area contributed by atoms with Crippen molar-refractivity contribution in [2.45, 2.75) is 6.42 Å². The lowest BCUT2D eigenvalue weighted by Crippen LogP contribution is -2.48. The molecular weight excluding hydrogens is 324 g/mol. The molecule has 2 aromatic carbocycles. The molecule has 0 atom stereocenters. The number of para-hydroxylation sites is 1. The Morgan fingerprint density at radius 3 is 2.50 bits per heavy atom. The molecule has 1 fully saturated rings. The minimum absolute atomic E-state index is 0. The third-order valence-electron chi connectivity index (χ3n) is 4.02. The highest BCUT2D eigenvalue weighted by atomic mass is 35.5. The number of amides is 1. The monoisotopic (exact) mass is 346 g/mol. The fourth-order valence-electron chi connectivity index (χ4n) is 2.55. The van der Waals surface area contributed by atoms with Crippen LogP contribution in [0.15, 0.2) is 54.6 Å². The highest BCUT2D eigenvalue weighted by Gasteiger charge is 2.17. The average molecular weight is 347 g/mol. The van der Waals surface area contributed by atoms with Gasteiger partial charge in [0.15, 0.2) is 6.61 Å². The number of benzene rings is 2. The second-order valence-corrected chi connectivity index (χ2v) is 5.89. The number of ether oxygens (including phenoxy) is 1. The van der Waals surface area contributed by atoms with E-state index in [9.17, 15) is 4.79 Å². The Morgan fingerprint density at radius 1 is 1.08 bits per heavy atom. The number of halogens is 1. The highest BCUT2D eigenvalue weighted by Crippen LogP contribution is 2.21. The number of rotatable bonds is 7. The summed E-state index contributed by atoms with van der Waals surface area (Å²) < 4.78 is 5.73. The van der Waals surface area contributed by atoms with Crippen molar-refractivity contribution >= 4 is 18.3 Å². The van der Waals surface area contributed by atoms with Gasteiger partial charge in [-0.3, -0.25) is 4.79 Å². The predicted octanol–water partition coefficient (Wildman–Crippen LogP) is 2.41. The van der Waals surface area contributed by atoms with E-state index in [1.807, 2.05) is 42.5 Å². The molecular formula is C19H23ClN2O2. The molecule has 4 nitrogen and oxygen atoms in total. The van der Waals surface area contributed by atoms with E-state index in [2.05, 4.69) is 22.8 Å². The molecule has 1 heterocycles. The van der Waals surface area contributed by atoms with E-state index < -0.39 is 0 Å².